The molecule has 0 saturated heterocycles. The van der Waals surface area contributed by atoms with E-state index in [2.05, 4.69) is 19.1 Å². The molecule has 0 aliphatic carbocycles. The number of hydrogen-bond donors (Lipinski definition) is 0. The number of hydrogen-bond acceptors (Lipinski definition) is 9. The van der Waals surface area contributed by atoms with Crippen LogP contribution in [0.2, 0.25) is 0 Å². The monoisotopic (exact) mass is 872 g/mol. The number of esters is 2. The summed E-state index contributed by atoms with van der Waals surface area (Å²) >= 11 is 0. The summed E-state index contributed by atoms with van der Waals surface area (Å²) in [6.07, 6.45) is 25.6. The minimum Gasteiger partial charge on any atom is -0.756 e. The number of phosphoric acid groups is 1. The number of phosphoric ester groups is 1. The van der Waals surface area contributed by atoms with Gasteiger partial charge in [0.1, 0.15) is 19.8 Å². The molecule has 0 saturated carbocycles. The van der Waals surface area contributed by atoms with Crippen LogP contribution in [-0.2, 0) is 39.1 Å². The third-order valence-corrected chi connectivity index (χ3v) is 12.0. The topological polar surface area (TPSA) is 128 Å². The maximum absolute atomic E-state index is 12.8. The lowest BCUT2D eigenvalue weighted by Gasteiger charge is -2.28. The molecule has 0 aromatic heterocycles. The molecule has 2 rings (SSSR count). The molecule has 0 heterocycles. The van der Waals surface area contributed by atoms with Crippen LogP contribution in [0.4, 0.5) is 0 Å². The molecule has 0 fully saturated rings. The fraction of sp³-hybridized carbons (Fsp3) is 0.700. The molecule has 2 aromatic carbocycles. The molecule has 0 aliphatic rings. The summed E-state index contributed by atoms with van der Waals surface area (Å²) in [5, 5.41) is 0. The Morgan fingerprint density at radius 3 is 1.52 bits per heavy atom. The van der Waals surface area contributed by atoms with Gasteiger partial charge >= 0.3 is 11.9 Å². The van der Waals surface area contributed by atoms with Gasteiger partial charge in [0.15, 0.2) is 11.9 Å². The number of benzene rings is 2. The number of likely N-dealkylation sites (N-methyl/N-ethyl adjacent to an activating group) is 1. The SMILES string of the molecule is CCCCCCCCCCCCCCCC(=O)OC[C@H](COP(=O)([O-])OCC[N+](C)(C)C)OC(=O)CCCCCCCCCCCc1ccc(C(=O)c2ccc(C)cc2)cc1. The fourth-order valence-electron chi connectivity index (χ4n) is 7.07. The van der Waals surface area contributed by atoms with Gasteiger partial charge in [-0.05, 0) is 38.2 Å². The Balaban J connectivity index is 1.60. The first-order valence-corrected chi connectivity index (χ1v) is 25.2. The van der Waals surface area contributed by atoms with Crippen molar-refractivity contribution >= 4 is 25.5 Å². The minimum atomic E-state index is -4.64. The van der Waals surface area contributed by atoms with Crippen molar-refractivity contribution in [3.63, 3.8) is 0 Å². The molecule has 0 N–H and O–H groups in total. The van der Waals surface area contributed by atoms with Gasteiger partial charge in [-0.25, -0.2) is 0 Å². The van der Waals surface area contributed by atoms with Crippen LogP contribution in [-0.4, -0.2) is 75.8 Å². The van der Waals surface area contributed by atoms with Crippen molar-refractivity contribution in [3.8, 4) is 0 Å². The van der Waals surface area contributed by atoms with Gasteiger partial charge in [0, 0.05) is 24.0 Å². The molecular formula is C50H82NO9P. The number of nitrogens with zero attached hydrogens (tertiary/aromatic N) is 1. The van der Waals surface area contributed by atoms with E-state index in [1.165, 1.54) is 89.0 Å². The lowest BCUT2D eigenvalue weighted by atomic mass is 9.99. The van der Waals surface area contributed by atoms with E-state index in [9.17, 15) is 23.8 Å². The number of unbranched alkanes of at least 4 members (excludes halogenated alkanes) is 20. The summed E-state index contributed by atoms with van der Waals surface area (Å²) in [7, 11) is 1.12. The number of carbonyl (C=O) groups is 3. The van der Waals surface area contributed by atoms with Crippen LogP contribution in [0.5, 0.6) is 0 Å². The van der Waals surface area contributed by atoms with E-state index >= 15 is 0 Å². The van der Waals surface area contributed by atoms with Crippen molar-refractivity contribution in [2.45, 2.75) is 180 Å². The second kappa shape index (κ2) is 32.7. The van der Waals surface area contributed by atoms with Crippen LogP contribution in [0, 0.1) is 6.92 Å². The highest BCUT2D eigenvalue weighted by atomic mass is 31.2. The molecule has 1 unspecified atom stereocenters. The summed E-state index contributed by atoms with van der Waals surface area (Å²) in [6.45, 7) is 3.92. The van der Waals surface area contributed by atoms with Crippen LogP contribution in [0.25, 0.3) is 0 Å². The molecular weight excluding hydrogens is 790 g/mol. The zero-order chi connectivity index (χ0) is 44.6. The van der Waals surface area contributed by atoms with E-state index in [4.69, 9.17) is 18.5 Å². The van der Waals surface area contributed by atoms with Crippen molar-refractivity contribution in [2.75, 3.05) is 47.5 Å². The second-order valence-corrected chi connectivity index (χ2v) is 19.4. The third-order valence-electron chi connectivity index (χ3n) is 11.0. The quantitative estimate of drug-likeness (QED) is 0.0213. The Morgan fingerprint density at radius 2 is 1.03 bits per heavy atom. The molecule has 11 heteroatoms. The molecule has 2 atom stereocenters. The highest BCUT2D eigenvalue weighted by Gasteiger charge is 2.22. The van der Waals surface area contributed by atoms with Crippen LogP contribution < -0.4 is 4.89 Å². The van der Waals surface area contributed by atoms with Gasteiger partial charge in [-0.3, -0.25) is 18.9 Å². The largest absolute Gasteiger partial charge is 0.756 e. The second-order valence-electron chi connectivity index (χ2n) is 18.0. The van der Waals surface area contributed by atoms with Crippen LogP contribution in [0.1, 0.15) is 188 Å². The van der Waals surface area contributed by atoms with Gasteiger partial charge in [-0.15, -0.1) is 0 Å². The number of carbonyl (C=O) groups excluding carboxylic acids is 3. The van der Waals surface area contributed by atoms with E-state index in [1.807, 2.05) is 64.5 Å². The van der Waals surface area contributed by atoms with Gasteiger partial charge < -0.3 is 27.9 Å². The number of rotatable bonds is 38. The summed E-state index contributed by atoms with van der Waals surface area (Å²) in [6, 6.07) is 15.7. The zero-order valence-corrected chi connectivity index (χ0v) is 39.7. The maximum Gasteiger partial charge on any atom is 0.306 e. The average molecular weight is 872 g/mol. The average Bonchev–Trinajstić information content (AvgIpc) is 3.22. The molecule has 0 radical (unpaired) electrons. The van der Waals surface area contributed by atoms with E-state index in [1.54, 1.807) is 0 Å². The van der Waals surface area contributed by atoms with E-state index in [0.29, 0.717) is 23.0 Å². The van der Waals surface area contributed by atoms with Crippen molar-refractivity contribution < 1.29 is 46.8 Å². The van der Waals surface area contributed by atoms with Crippen LogP contribution in [0.3, 0.4) is 0 Å². The van der Waals surface area contributed by atoms with Gasteiger partial charge in [0.05, 0.1) is 27.7 Å². The first kappa shape index (κ1) is 54.3. The summed E-state index contributed by atoms with van der Waals surface area (Å²) in [5.41, 5.74) is 3.83. The van der Waals surface area contributed by atoms with Crippen molar-refractivity contribution in [3.05, 3.63) is 70.8 Å². The number of ether oxygens (including phenoxy) is 2. The van der Waals surface area contributed by atoms with Crippen LogP contribution in [0.15, 0.2) is 48.5 Å². The Labute approximate surface area is 370 Å². The van der Waals surface area contributed by atoms with Crippen LogP contribution >= 0.6 is 7.82 Å². The first-order valence-electron chi connectivity index (χ1n) is 23.7. The number of aryl methyl sites for hydroxylation is 2. The van der Waals surface area contributed by atoms with Gasteiger partial charge in [-0.2, -0.15) is 0 Å². The number of ketones is 1. The summed E-state index contributed by atoms with van der Waals surface area (Å²) in [4.78, 5) is 50.4. The predicted molar refractivity (Wildman–Crippen MR) is 244 cm³/mol. The molecule has 0 amide bonds. The normalized spacial score (nSPS) is 13.1. The number of quaternary nitrogens is 1. The van der Waals surface area contributed by atoms with E-state index < -0.39 is 32.5 Å². The molecule has 346 valence electrons. The zero-order valence-electron chi connectivity index (χ0n) is 38.8. The summed E-state index contributed by atoms with van der Waals surface area (Å²) < 4.78 is 34.0. The fourth-order valence-corrected chi connectivity index (χ4v) is 7.80. The maximum atomic E-state index is 12.8. The Morgan fingerprint density at radius 1 is 0.590 bits per heavy atom. The smallest absolute Gasteiger partial charge is 0.306 e. The third kappa shape index (κ3) is 29.2. The molecule has 10 nitrogen and oxygen atoms in total. The molecule has 0 aliphatic heterocycles. The minimum absolute atomic E-state index is 0.0430. The predicted octanol–water partition coefficient (Wildman–Crippen LogP) is 11.8. The standard InChI is InChI=1S/C50H82NO9P/c1-6-7-8-9-10-11-12-13-14-17-20-23-26-29-48(52)57-41-47(42-59-61(55,56)58-40-39-51(3,4)5)60-49(53)30-27-24-21-18-15-16-19-22-25-28-44-33-37-46(38-34-44)50(54)45-35-31-43(2)32-36-45/h31-38,47H,6-30,39-42H2,1-5H3/t47-/m1/s1. The molecule has 2 aromatic rings. The van der Waals surface area contributed by atoms with Gasteiger partial charge in [0.25, 0.3) is 7.82 Å². The first-order chi connectivity index (χ1) is 29.3. The Bertz CT molecular complexity index is 1510. The Hall–Kier alpha value is -2.88. The van der Waals surface area contributed by atoms with E-state index in [0.717, 1.165) is 68.9 Å². The lowest BCUT2D eigenvalue weighted by Crippen LogP contribution is -2.37. The van der Waals surface area contributed by atoms with Gasteiger partial charge in [0.2, 0.25) is 0 Å². The van der Waals surface area contributed by atoms with Crippen molar-refractivity contribution in [1.82, 2.24) is 0 Å². The molecule has 0 bridgehead atoms. The summed E-state index contributed by atoms with van der Waals surface area (Å²) in [5.74, 6) is -0.814. The molecule has 0 spiro atoms. The molecule has 61 heavy (non-hydrogen) atoms. The van der Waals surface area contributed by atoms with Crippen molar-refractivity contribution in [1.29, 1.82) is 0 Å². The Kier molecular flexibility index (Phi) is 29.1. The highest BCUT2D eigenvalue weighted by Crippen LogP contribution is 2.38. The van der Waals surface area contributed by atoms with Crippen molar-refractivity contribution in [2.24, 2.45) is 0 Å². The highest BCUT2D eigenvalue weighted by molar-refractivity contribution is 7.45. The lowest BCUT2D eigenvalue weighted by molar-refractivity contribution is -0.870. The van der Waals surface area contributed by atoms with Gasteiger partial charge in [-0.1, -0.05) is 183 Å². The van der Waals surface area contributed by atoms with E-state index in [-0.39, 0.29) is 31.8 Å².